The van der Waals surface area contributed by atoms with E-state index in [1.165, 1.54) is 0 Å². The first kappa shape index (κ1) is 42.0. The number of aromatic nitrogens is 8. The summed E-state index contributed by atoms with van der Waals surface area (Å²) in [5, 5.41) is 42.1. The summed E-state index contributed by atoms with van der Waals surface area (Å²) in [5.41, 5.74) is 9.08. The van der Waals surface area contributed by atoms with E-state index >= 15 is 0 Å². The largest absolute Gasteiger partial charge is 0.472 e. The van der Waals surface area contributed by atoms with Crippen LogP contribution in [0.2, 0.25) is 0 Å². The number of hydrogen-bond acceptors (Lipinski definition) is 22. The summed E-state index contributed by atoms with van der Waals surface area (Å²) in [6.45, 7) is -4.34. The number of phosphoric acid groups is 3. The molecule has 0 amide bonds. The molecule has 0 aromatic carbocycles. The second-order valence-corrected chi connectivity index (χ2v) is 16.1. The number of H-pyrrole nitrogens is 2. The molecule has 0 saturated carbocycles. The number of nitrogen functional groups attached to an aromatic ring is 2. The lowest BCUT2D eigenvalue weighted by Crippen LogP contribution is -2.34. The summed E-state index contributed by atoms with van der Waals surface area (Å²) in [4.78, 5) is 83.2. The SMILES string of the molecule is Nc1nc2c(ncn2[C@@H]2O[C@H](COP(=O)(O)OCC(COP(=O)(O)OC[C@H]3O[C@@H](n4cnc5c(=O)[nH]c(N)nc54)[C@H](O)[C@@H]3O)OP(=O)(O)O)[C@@H](O)[C@H]2O)c(=O)[nH]1. The lowest BCUT2D eigenvalue weighted by Gasteiger charge is -2.22. The number of anilines is 2. The van der Waals surface area contributed by atoms with Gasteiger partial charge in [-0.2, -0.15) is 9.97 Å². The second-order valence-electron chi connectivity index (χ2n) is 12.0. The smallest absolute Gasteiger partial charge is 0.387 e. The van der Waals surface area contributed by atoms with Gasteiger partial charge in [0.05, 0.1) is 39.1 Å². The van der Waals surface area contributed by atoms with Crippen molar-refractivity contribution in [2.24, 2.45) is 0 Å². The van der Waals surface area contributed by atoms with Gasteiger partial charge in [0.25, 0.3) is 11.1 Å². The predicted molar refractivity (Wildman–Crippen MR) is 177 cm³/mol. The molecule has 2 unspecified atom stereocenters. The average Bonchev–Trinajstić information content (AvgIpc) is 3.85. The number of aliphatic hydroxyl groups is 4. The van der Waals surface area contributed by atoms with Crippen LogP contribution < -0.4 is 22.6 Å². The van der Waals surface area contributed by atoms with Gasteiger partial charge in [-0.1, -0.05) is 0 Å². The normalized spacial score (nSPS) is 28.5. The molecule has 0 bridgehead atoms. The van der Waals surface area contributed by atoms with Crippen molar-refractivity contribution in [1.29, 1.82) is 0 Å². The van der Waals surface area contributed by atoms with E-state index in [1.807, 2.05) is 0 Å². The number of nitrogens with zero attached hydrogens (tertiary/aromatic N) is 6. The Hall–Kier alpha value is -3.61. The highest BCUT2D eigenvalue weighted by Gasteiger charge is 2.47. The summed E-state index contributed by atoms with van der Waals surface area (Å²) in [6, 6.07) is 0. The fourth-order valence-corrected chi connectivity index (χ4v) is 7.56. The van der Waals surface area contributed by atoms with Gasteiger partial charge in [-0.05, 0) is 0 Å². The monoisotopic (exact) mass is 862 g/mol. The molecular formula is C23H33N10O20P3. The fraction of sp³-hybridized carbons (Fsp3) is 0.565. The molecule has 33 heteroatoms. The van der Waals surface area contributed by atoms with Crippen molar-refractivity contribution in [3.8, 4) is 0 Å². The number of phosphoric ester groups is 3. The van der Waals surface area contributed by atoms with Gasteiger partial charge in [-0.15, -0.1) is 0 Å². The molecule has 310 valence electrons. The maximum absolute atomic E-state index is 12.6. The van der Waals surface area contributed by atoms with Crippen molar-refractivity contribution in [2.75, 3.05) is 37.9 Å². The van der Waals surface area contributed by atoms with Crippen molar-refractivity contribution in [3.63, 3.8) is 0 Å². The third-order valence-electron chi connectivity index (χ3n) is 8.06. The number of imidazole rings is 2. The minimum atomic E-state index is -5.42. The molecule has 0 radical (unpaired) electrons. The Balaban J connectivity index is 1.02. The van der Waals surface area contributed by atoms with E-state index in [0.29, 0.717) is 0 Å². The van der Waals surface area contributed by atoms with Gasteiger partial charge in [0.2, 0.25) is 11.9 Å². The maximum Gasteiger partial charge on any atom is 0.472 e. The fourth-order valence-electron chi connectivity index (χ4n) is 5.52. The molecule has 4 aromatic heterocycles. The second kappa shape index (κ2) is 16.0. The Morgan fingerprint density at radius 1 is 0.696 bits per heavy atom. The Kier molecular flexibility index (Phi) is 12.0. The van der Waals surface area contributed by atoms with Crippen LogP contribution in [0.3, 0.4) is 0 Å². The Labute approximate surface area is 309 Å². The maximum atomic E-state index is 12.6. The quantitative estimate of drug-likeness (QED) is 0.0472. The molecule has 0 spiro atoms. The number of ether oxygens (including phenoxy) is 2. The molecule has 14 N–H and O–H groups in total. The number of nitrogens with two attached hydrogens (primary N) is 2. The molecule has 0 aliphatic carbocycles. The Morgan fingerprint density at radius 2 is 1.09 bits per heavy atom. The van der Waals surface area contributed by atoms with Gasteiger partial charge >= 0.3 is 23.5 Å². The molecule has 10 atom stereocenters. The molecule has 2 fully saturated rings. The molecular weight excluding hydrogens is 829 g/mol. The molecule has 56 heavy (non-hydrogen) atoms. The van der Waals surface area contributed by atoms with Crippen molar-refractivity contribution < 1.29 is 85.8 Å². The van der Waals surface area contributed by atoms with E-state index < -0.39 is 116 Å². The van der Waals surface area contributed by atoms with Crippen molar-refractivity contribution in [3.05, 3.63) is 33.4 Å². The minimum Gasteiger partial charge on any atom is -0.387 e. The van der Waals surface area contributed by atoms with Crippen LogP contribution in [0.1, 0.15) is 12.5 Å². The van der Waals surface area contributed by atoms with Crippen molar-refractivity contribution >= 4 is 57.7 Å². The Morgan fingerprint density at radius 3 is 1.46 bits per heavy atom. The highest BCUT2D eigenvalue weighted by molar-refractivity contribution is 7.47. The first-order valence-corrected chi connectivity index (χ1v) is 20.1. The molecule has 4 aromatic rings. The van der Waals surface area contributed by atoms with Gasteiger partial charge in [0.1, 0.15) is 42.7 Å². The Bertz CT molecular complexity index is 2180. The van der Waals surface area contributed by atoms with E-state index in [0.717, 1.165) is 21.8 Å². The average molecular weight is 862 g/mol. The summed E-state index contributed by atoms with van der Waals surface area (Å²) in [5.74, 6) is -0.591. The number of fused-ring (bicyclic) bond motifs is 2. The van der Waals surface area contributed by atoms with E-state index in [2.05, 4.69) is 34.4 Å². The third-order valence-corrected chi connectivity index (χ3v) is 10.5. The van der Waals surface area contributed by atoms with Crippen LogP contribution in [0.4, 0.5) is 11.9 Å². The first-order valence-electron chi connectivity index (χ1n) is 15.6. The van der Waals surface area contributed by atoms with Gasteiger partial charge in [-0.25, -0.2) is 23.7 Å². The van der Waals surface area contributed by atoms with E-state index in [1.54, 1.807) is 0 Å². The highest BCUT2D eigenvalue weighted by atomic mass is 31.2. The molecule has 6 heterocycles. The lowest BCUT2D eigenvalue weighted by atomic mass is 10.1. The van der Waals surface area contributed by atoms with Gasteiger partial charge < -0.3 is 60.9 Å². The molecule has 2 aliphatic rings. The van der Waals surface area contributed by atoms with Crippen molar-refractivity contribution in [2.45, 2.75) is 55.2 Å². The predicted octanol–water partition coefficient (Wildman–Crippen LogP) is -4.60. The number of aliphatic hydroxyl groups excluding tert-OH is 4. The van der Waals surface area contributed by atoms with Crippen LogP contribution in [0.5, 0.6) is 0 Å². The van der Waals surface area contributed by atoms with Crippen molar-refractivity contribution in [1.82, 2.24) is 39.0 Å². The van der Waals surface area contributed by atoms with E-state index in [9.17, 15) is 63.3 Å². The number of nitrogens with one attached hydrogen (secondary N) is 2. The van der Waals surface area contributed by atoms with Crippen LogP contribution >= 0.6 is 23.5 Å². The van der Waals surface area contributed by atoms with Gasteiger partial charge in [0.15, 0.2) is 34.8 Å². The molecule has 2 saturated heterocycles. The zero-order valence-corrected chi connectivity index (χ0v) is 30.5. The first-order chi connectivity index (χ1) is 26.1. The topological polar surface area (TPSA) is 457 Å². The lowest BCUT2D eigenvalue weighted by molar-refractivity contribution is -0.0542. The number of rotatable bonds is 16. The number of hydrogen-bond donors (Lipinski definition) is 12. The van der Waals surface area contributed by atoms with E-state index in [-0.39, 0.29) is 34.2 Å². The molecule has 30 nitrogen and oxygen atoms in total. The molecule has 2 aliphatic heterocycles. The van der Waals surface area contributed by atoms with E-state index in [4.69, 9.17) is 39.0 Å². The van der Waals surface area contributed by atoms with Gasteiger partial charge in [-0.3, -0.25) is 51.3 Å². The highest BCUT2D eigenvalue weighted by Crippen LogP contribution is 2.48. The standard InChI is InChI=1S/C23H33N10O20P3/c24-22-28-16-10(18(38)30-22)26-5-32(16)20-14(36)12(34)8(51-20)3-49-55(43,44)47-1-7(53-54(40,41)42)2-48-56(45,46)50-4-9-13(35)15(37)21(52-9)33-6-27-11-17(33)29-23(25)31-19(11)39/h5-9,12-15,20-21,34-37H,1-4H2,(H,43,44)(H,45,46)(H2,40,41,42)(H3,24,28,30,38)(H3,25,29,31,39)/t8-,9-,12-,13-,14-,15-,20-,21-/m1/s1. The zero-order valence-electron chi connectivity index (χ0n) is 27.8. The van der Waals surface area contributed by atoms with Crippen LogP contribution in [0.15, 0.2) is 22.2 Å². The summed E-state index contributed by atoms with van der Waals surface area (Å²) < 4.78 is 73.4. The summed E-state index contributed by atoms with van der Waals surface area (Å²) in [7, 11) is -15.9. The third kappa shape index (κ3) is 9.23. The van der Waals surface area contributed by atoms with Gasteiger partial charge in [0, 0.05) is 0 Å². The summed E-state index contributed by atoms with van der Waals surface area (Å²) >= 11 is 0. The van der Waals surface area contributed by atoms with Crippen LogP contribution in [0, 0.1) is 0 Å². The number of aromatic amines is 2. The molecule has 6 rings (SSSR count). The van der Waals surface area contributed by atoms with Crippen LogP contribution in [0.25, 0.3) is 22.3 Å². The summed E-state index contributed by atoms with van der Waals surface area (Å²) in [6.07, 6.45) is -12.8. The van der Waals surface area contributed by atoms with Crippen LogP contribution in [-0.4, -0.2) is 148 Å². The minimum absolute atomic E-state index is 0.128. The van der Waals surface area contributed by atoms with Crippen LogP contribution in [-0.2, 0) is 45.8 Å². The zero-order chi connectivity index (χ0) is 40.9.